The van der Waals surface area contributed by atoms with Gasteiger partial charge in [0.15, 0.2) is 5.16 Å². The third-order valence-electron chi connectivity index (χ3n) is 3.92. The van der Waals surface area contributed by atoms with Gasteiger partial charge in [0.25, 0.3) is 5.56 Å². The lowest BCUT2D eigenvalue weighted by molar-refractivity contribution is -0.116. The van der Waals surface area contributed by atoms with Crippen LogP contribution in [-0.4, -0.2) is 28.2 Å². The molecule has 1 aliphatic rings. The zero-order valence-corrected chi connectivity index (χ0v) is 15.0. The lowest BCUT2D eigenvalue weighted by Crippen LogP contribution is -2.31. The molecule has 0 spiro atoms. The van der Waals surface area contributed by atoms with Crippen LogP contribution >= 0.6 is 11.8 Å². The number of ether oxygens (including phenoxy) is 1. The molecule has 1 aliphatic heterocycles. The Morgan fingerprint density at radius 2 is 2.08 bits per heavy atom. The van der Waals surface area contributed by atoms with Crippen LogP contribution in [0.15, 0.2) is 59.5 Å². The van der Waals surface area contributed by atoms with Crippen molar-refractivity contribution in [3.05, 3.63) is 71.1 Å². The molecule has 1 aromatic carbocycles. The largest absolute Gasteiger partial charge is 0.489 e. The summed E-state index contributed by atoms with van der Waals surface area (Å²) in [5, 5.41) is 3.16. The maximum atomic E-state index is 12.7. The molecule has 2 N–H and O–H groups in total. The summed E-state index contributed by atoms with van der Waals surface area (Å²) in [4.78, 5) is 32.1. The summed E-state index contributed by atoms with van der Waals surface area (Å²) < 4.78 is 5.71. The Balaban J connectivity index is 2.07. The Morgan fingerprint density at radius 1 is 1.27 bits per heavy atom. The standard InChI is InChI=1S/C19H19N3O3S/c1-3-9-25-14-8-6-5-7-12(14)13-11-15(23)20-17-16(13)18(24)22-19(21-17)26-10-4-2/h3-8,13H,1-2,9-11H2,(H2,20,21,22,23,24)/t13-/m1/s1. The van der Waals surface area contributed by atoms with Crippen LogP contribution in [0.3, 0.4) is 0 Å². The summed E-state index contributed by atoms with van der Waals surface area (Å²) in [5.74, 6) is 0.938. The second-order valence-corrected chi connectivity index (χ2v) is 6.68. The zero-order valence-electron chi connectivity index (χ0n) is 14.2. The van der Waals surface area contributed by atoms with E-state index in [0.717, 1.165) is 5.56 Å². The third-order valence-corrected chi connectivity index (χ3v) is 4.79. The summed E-state index contributed by atoms with van der Waals surface area (Å²) >= 11 is 1.35. The van der Waals surface area contributed by atoms with E-state index in [1.165, 1.54) is 11.8 Å². The molecule has 2 aromatic rings. The number of hydrogen-bond donors (Lipinski definition) is 2. The van der Waals surface area contributed by atoms with E-state index >= 15 is 0 Å². The van der Waals surface area contributed by atoms with Crippen LogP contribution in [0.4, 0.5) is 5.82 Å². The van der Waals surface area contributed by atoms with Crippen molar-refractivity contribution in [3.63, 3.8) is 0 Å². The molecule has 0 aliphatic carbocycles. The van der Waals surface area contributed by atoms with Gasteiger partial charge in [-0.1, -0.05) is 48.7 Å². The predicted molar refractivity (Wildman–Crippen MR) is 103 cm³/mol. The summed E-state index contributed by atoms with van der Waals surface area (Å²) in [6, 6.07) is 7.40. The summed E-state index contributed by atoms with van der Waals surface area (Å²) in [7, 11) is 0. The van der Waals surface area contributed by atoms with Gasteiger partial charge >= 0.3 is 0 Å². The second kappa shape index (κ2) is 8.05. The van der Waals surface area contributed by atoms with Crippen molar-refractivity contribution in [3.8, 4) is 5.75 Å². The molecule has 2 heterocycles. The van der Waals surface area contributed by atoms with Crippen molar-refractivity contribution >= 4 is 23.5 Å². The minimum atomic E-state index is -0.422. The smallest absolute Gasteiger partial charge is 0.257 e. The van der Waals surface area contributed by atoms with Gasteiger partial charge in [-0.25, -0.2) is 4.98 Å². The molecule has 134 valence electrons. The number of anilines is 1. The summed E-state index contributed by atoms with van der Waals surface area (Å²) in [5.41, 5.74) is 0.969. The molecule has 0 saturated heterocycles. The van der Waals surface area contributed by atoms with Crippen molar-refractivity contribution in [2.24, 2.45) is 0 Å². The van der Waals surface area contributed by atoms with Gasteiger partial charge in [-0.05, 0) is 6.07 Å². The van der Waals surface area contributed by atoms with Gasteiger partial charge in [0.05, 0.1) is 5.56 Å². The number of rotatable bonds is 7. The van der Waals surface area contributed by atoms with E-state index in [2.05, 4.69) is 28.4 Å². The fourth-order valence-corrected chi connectivity index (χ4v) is 3.47. The topological polar surface area (TPSA) is 84.1 Å². The van der Waals surface area contributed by atoms with Crippen LogP contribution in [-0.2, 0) is 4.79 Å². The number of para-hydroxylation sites is 1. The molecule has 0 fully saturated rings. The predicted octanol–water partition coefficient (Wildman–Crippen LogP) is 3.09. The van der Waals surface area contributed by atoms with E-state index in [1.54, 1.807) is 12.2 Å². The molecule has 6 nitrogen and oxygen atoms in total. The highest BCUT2D eigenvalue weighted by Gasteiger charge is 2.32. The monoisotopic (exact) mass is 369 g/mol. The number of H-pyrrole nitrogens is 1. The normalized spacial score (nSPS) is 15.7. The molecule has 0 bridgehead atoms. The van der Waals surface area contributed by atoms with E-state index in [0.29, 0.717) is 34.6 Å². The fourth-order valence-electron chi connectivity index (χ4n) is 2.87. The number of nitrogens with zero attached hydrogens (tertiary/aromatic N) is 1. The third kappa shape index (κ3) is 3.72. The van der Waals surface area contributed by atoms with Crippen LogP contribution in [0.5, 0.6) is 5.75 Å². The van der Waals surface area contributed by atoms with E-state index in [-0.39, 0.29) is 17.9 Å². The first-order chi connectivity index (χ1) is 12.6. The van der Waals surface area contributed by atoms with Crippen molar-refractivity contribution in [2.75, 3.05) is 17.7 Å². The number of aromatic amines is 1. The van der Waals surface area contributed by atoms with Gasteiger partial charge < -0.3 is 15.0 Å². The maximum absolute atomic E-state index is 12.7. The number of carbonyl (C=O) groups is 1. The van der Waals surface area contributed by atoms with Crippen LogP contribution < -0.4 is 15.6 Å². The number of carbonyl (C=O) groups excluding carboxylic acids is 1. The Kier molecular flexibility index (Phi) is 5.58. The average Bonchev–Trinajstić information content (AvgIpc) is 2.64. The SMILES string of the molecule is C=CCOc1ccccc1[C@H]1CC(=O)Nc2nc(SCC=C)[nH]c(=O)c21. The van der Waals surface area contributed by atoms with Crippen molar-refractivity contribution in [1.29, 1.82) is 0 Å². The molecule has 26 heavy (non-hydrogen) atoms. The van der Waals surface area contributed by atoms with Crippen LogP contribution in [0.1, 0.15) is 23.5 Å². The van der Waals surface area contributed by atoms with Crippen LogP contribution in [0.2, 0.25) is 0 Å². The average molecular weight is 369 g/mol. The van der Waals surface area contributed by atoms with E-state index < -0.39 is 5.92 Å². The van der Waals surface area contributed by atoms with Gasteiger partial charge in [0.1, 0.15) is 18.2 Å². The molecule has 7 heteroatoms. The highest BCUT2D eigenvalue weighted by Crippen LogP contribution is 2.38. The Hall–Kier alpha value is -2.80. The molecule has 1 amide bonds. The van der Waals surface area contributed by atoms with Crippen molar-refractivity contribution in [2.45, 2.75) is 17.5 Å². The first-order valence-electron chi connectivity index (χ1n) is 8.14. The molecule has 0 saturated carbocycles. The first kappa shape index (κ1) is 18.0. The molecule has 0 radical (unpaired) electrons. The Bertz CT molecular complexity index is 907. The second-order valence-electron chi connectivity index (χ2n) is 5.68. The minimum absolute atomic E-state index is 0.158. The van der Waals surface area contributed by atoms with E-state index in [9.17, 15) is 9.59 Å². The maximum Gasteiger partial charge on any atom is 0.257 e. The minimum Gasteiger partial charge on any atom is -0.489 e. The molecule has 1 aromatic heterocycles. The highest BCUT2D eigenvalue weighted by molar-refractivity contribution is 7.99. The number of fused-ring (bicyclic) bond motifs is 1. The van der Waals surface area contributed by atoms with E-state index in [4.69, 9.17) is 4.74 Å². The Morgan fingerprint density at radius 3 is 2.85 bits per heavy atom. The number of nitrogens with one attached hydrogen (secondary N) is 2. The fraction of sp³-hybridized carbons (Fsp3) is 0.211. The lowest BCUT2D eigenvalue weighted by atomic mass is 9.86. The van der Waals surface area contributed by atoms with Crippen molar-refractivity contribution in [1.82, 2.24) is 9.97 Å². The molecule has 0 unspecified atom stereocenters. The summed E-state index contributed by atoms with van der Waals surface area (Å²) in [6.07, 6.45) is 3.53. The number of thioether (sulfide) groups is 1. The van der Waals surface area contributed by atoms with Gasteiger partial charge in [-0.3, -0.25) is 9.59 Å². The molecular weight excluding hydrogens is 350 g/mol. The number of hydrogen-bond acceptors (Lipinski definition) is 5. The lowest BCUT2D eigenvalue weighted by Gasteiger charge is -2.25. The van der Waals surface area contributed by atoms with Gasteiger partial charge in [-0.2, -0.15) is 0 Å². The van der Waals surface area contributed by atoms with Gasteiger partial charge in [0.2, 0.25) is 5.91 Å². The molecular formula is C19H19N3O3S. The Labute approximate surface area is 155 Å². The summed E-state index contributed by atoms with van der Waals surface area (Å²) in [6.45, 7) is 7.64. The van der Waals surface area contributed by atoms with Crippen LogP contribution in [0, 0.1) is 0 Å². The number of amides is 1. The quantitative estimate of drug-likeness (QED) is 0.445. The van der Waals surface area contributed by atoms with Gasteiger partial charge in [0, 0.05) is 23.7 Å². The number of aromatic nitrogens is 2. The number of benzene rings is 1. The van der Waals surface area contributed by atoms with Crippen LogP contribution in [0.25, 0.3) is 0 Å². The van der Waals surface area contributed by atoms with E-state index in [1.807, 2.05) is 24.3 Å². The molecule has 1 atom stereocenters. The van der Waals surface area contributed by atoms with Crippen molar-refractivity contribution < 1.29 is 9.53 Å². The zero-order chi connectivity index (χ0) is 18.5. The van der Waals surface area contributed by atoms with Gasteiger partial charge in [-0.15, -0.1) is 6.58 Å². The molecule has 3 rings (SSSR count). The first-order valence-corrected chi connectivity index (χ1v) is 9.13. The highest BCUT2D eigenvalue weighted by atomic mass is 32.2.